The third-order valence-electron chi connectivity index (χ3n) is 3.22. The van der Waals surface area contributed by atoms with Gasteiger partial charge in [0.05, 0.1) is 0 Å². The molecule has 0 heterocycles. The fourth-order valence-corrected chi connectivity index (χ4v) is 2.01. The predicted molar refractivity (Wildman–Crippen MR) is 81.6 cm³/mol. The van der Waals surface area contributed by atoms with Crippen LogP contribution in [0.2, 0.25) is 0 Å². The van der Waals surface area contributed by atoms with Gasteiger partial charge in [0.2, 0.25) is 0 Å². The maximum atomic E-state index is 12.7. The molecule has 0 aliphatic rings. The van der Waals surface area contributed by atoms with Crippen LogP contribution >= 0.6 is 0 Å². The Labute approximate surface area is 128 Å². The van der Waals surface area contributed by atoms with Gasteiger partial charge >= 0.3 is 6.03 Å². The molecule has 0 unspecified atom stereocenters. The molecular weight excluding hydrogens is 286 g/mol. The third kappa shape index (κ3) is 5.52. The summed E-state index contributed by atoms with van der Waals surface area (Å²) in [5, 5.41) is 5.47. The lowest BCUT2D eigenvalue weighted by Gasteiger charge is -2.08. The highest BCUT2D eigenvalue weighted by Gasteiger charge is 2.00. The number of hydrogen-bond donors (Lipinski definition) is 2. The second-order valence-corrected chi connectivity index (χ2v) is 4.94. The van der Waals surface area contributed by atoms with Gasteiger partial charge in [-0.25, -0.2) is 13.6 Å². The highest BCUT2D eigenvalue weighted by atomic mass is 19.1. The van der Waals surface area contributed by atoms with Crippen molar-refractivity contribution in [2.24, 2.45) is 0 Å². The molecule has 0 spiro atoms. The smallest absolute Gasteiger partial charge is 0.314 e. The first-order valence-electron chi connectivity index (χ1n) is 7.14. The Bertz CT molecular complexity index is 544. The van der Waals surface area contributed by atoms with Crippen molar-refractivity contribution >= 4 is 6.03 Å². The van der Waals surface area contributed by atoms with Crippen LogP contribution in [0, 0.1) is 11.6 Å². The van der Waals surface area contributed by atoms with Gasteiger partial charge in [-0.15, -0.1) is 0 Å². The van der Waals surface area contributed by atoms with Gasteiger partial charge in [0.15, 0.2) is 0 Å². The predicted octanol–water partition coefficient (Wildman–Crippen LogP) is 3.05. The molecule has 0 aliphatic carbocycles. The molecule has 2 amide bonds. The standard InChI is InChI=1S/C17H18F2N2O/c18-15-5-1-13(2-6-15)9-11-20-17(22)21-12-10-14-3-7-16(19)8-4-14/h1-8H,9-12H2,(H2,20,21,22). The van der Waals surface area contributed by atoms with Gasteiger partial charge in [0.1, 0.15) is 11.6 Å². The summed E-state index contributed by atoms with van der Waals surface area (Å²) in [6.45, 7) is 0.960. The lowest BCUT2D eigenvalue weighted by Crippen LogP contribution is -2.37. The summed E-state index contributed by atoms with van der Waals surface area (Å²) in [7, 11) is 0. The molecule has 0 atom stereocenters. The van der Waals surface area contributed by atoms with Crippen LogP contribution in [0.15, 0.2) is 48.5 Å². The molecule has 2 aromatic rings. The summed E-state index contributed by atoms with van der Waals surface area (Å²) in [6.07, 6.45) is 1.29. The van der Waals surface area contributed by atoms with Gasteiger partial charge < -0.3 is 10.6 Å². The molecule has 0 aliphatic heterocycles. The minimum Gasteiger partial charge on any atom is -0.338 e. The molecule has 2 rings (SSSR count). The molecule has 3 nitrogen and oxygen atoms in total. The van der Waals surface area contributed by atoms with E-state index in [0.29, 0.717) is 25.9 Å². The first-order chi connectivity index (χ1) is 10.6. The number of halogens is 2. The van der Waals surface area contributed by atoms with Crippen molar-refractivity contribution in [1.29, 1.82) is 0 Å². The topological polar surface area (TPSA) is 41.1 Å². The van der Waals surface area contributed by atoms with E-state index < -0.39 is 0 Å². The first kappa shape index (κ1) is 15.9. The van der Waals surface area contributed by atoms with Crippen LogP contribution in [-0.2, 0) is 12.8 Å². The molecule has 0 saturated carbocycles. The summed E-state index contributed by atoms with van der Waals surface area (Å²) in [5.74, 6) is -0.537. The Morgan fingerprint density at radius 2 is 1.09 bits per heavy atom. The normalized spacial score (nSPS) is 10.3. The van der Waals surface area contributed by atoms with E-state index >= 15 is 0 Å². The van der Waals surface area contributed by atoms with Crippen LogP contribution in [-0.4, -0.2) is 19.1 Å². The largest absolute Gasteiger partial charge is 0.338 e. The zero-order valence-electron chi connectivity index (χ0n) is 12.1. The van der Waals surface area contributed by atoms with Crippen molar-refractivity contribution in [1.82, 2.24) is 10.6 Å². The number of nitrogens with one attached hydrogen (secondary N) is 2. The van der Waals surface area contributed by atoms with E-state index in [-0.39, 0.29) is 17.7 Å². The fraction of sp³-hybridized carbons (Fsp3) is 0.235. The van der Waals surface area contributed by atoms with Crippen molar-refractivity contribution in [2.45, 2.75) is 12.8 Å². The summed E-state index contributed by atoms with van der Waals surface area (Å²) in [4.78, 5) is 11.6. The Morgan fingerprint density at radius 1 is 0.727 bits per heavy atom. The maximum Gasteiger partial charge on any atom is 0.314 e. The lowest BCUT2D eigenvalue weighted by atomic mass is 10.1. The van der Waals surface area contributed by atoms with Crippen molar-refractivity contribution in [3.05, 3.63) is 71.3 Å². The fourth-order valence-electron chi connectivity index (χ4n) is 2.01. The van der Waals surface area contributed by atoms with E-state index in [1.807, 2.05) is 0 Å². The molecule has 0 aromatic heterocycles. The number of benzene rings is 2. The van der Waals surface area contributed by atoms with Gasteiger partial charge in [-0.1, -0.05) is 24.3 Å². The van der Waals surface area contributed by atoms with E-state index in [2.05, 4.69) is 10.6 Å². The second kappa shape index (κ2) is 8.12. The highest BCUT2D eigenvalue weighted by molar-refractivity contribution is 5.73. The molecule has 5 heteroatoms. The zero-order valence-corrected chi connectivity index (χ0v) is 12.1. The molecule has 0 fully saturated rings. The van der Waals surface area contributed by atoms with Crippen molar-refractivity contribution in [3.8, 4) is 0 Å². The summed E-state index contributed by atoms with van der Waals surface area (Å²) < 4.78 is 25.5. The second-order valence-electron chi connectivity index (χ2n) is 4.94. The van der Waals surface area contributed by atoms with E-state index in [1.165, 1.54) is 24.3 Å². The molecule has 116 valence electrons. The lowest BCUT2D eigenvalue weighted by molar-refractivity contribution is 0.241. The van der Waals surface area contributed by atoms with Gasteiger partial charge in [-0.3, -0.25) is 0 Å². The molecular formula is C17H18F2N2O. The molecule has 0 saturated heterocycles. The number of carbonyl (C=O) groups excluding carboxylic acids is 1. The number of carbonyl (C=O) groups is 1. The van der Waals surface area contributed by atoms with Crippen LogP contribution in [0.5, 0.6) is 0 Å². The summed E-state index contributed by atoms with van der Waals surface area (Å²) >= 11 is 0. The van der Waals surface area contributed by atoms with E-state index in [1.54, 1.807) is 24.3 Å². The van der Waals surface area contributed by atoms with Crippen LogP contribution < -0.4 is 10.6 Å². The van der Waals surface area contributed by atoms with Crippen molar-refractivity contribution in [3.63, 3.8) is 0 Å². The quantitative estimate of drug-likeness (QED) is 0.846. The molecule has 2 N–H and O–H groups in total. The number of urea groups is 1. The molecule has 0 radical (unpaired) electrons. The third-order valence-corrected chi connectivity index (χ3v) is 3.22. The Kier molecular flexibility index (Phi) is 5.89. The molecule has 22 heavy (non-hydrogen) atoms. The van der Waals surface area contributed by atoms with Gasteiger partial charge in [0, 0.05) is 13.1 Å². The maximum absolute atomic E-state index is 12.7. The van der Waals surface area contributed by atoms with Gasteiger partial charge in [0.25, 0.3) is 0 Å². The minimum atomic E-state index is -0.268. The SMILES string of the molecule is O=C(NCCc1ccc(F)cc1)NCCc1ccc(F)cc1. The summed E-state index contributed by atoms with van der Waals surface area (Å²) in [6, 6.07) is 12.1. The van der Waals surface area contributed by atoms with E-state index in [9.17, 15) is 13.6 Å². The highest BCUT2D eigenvalue weighted by Crippen LogP contribution is 2.03. The van der Waals surface area contributed by atoms with Crippen LogP contribution in [0.1, 0.15) is 11.1 Å². The Morgan fingerprint density at radius 3 is 1.45 bits per heavy atom. The monoisotopic (exact) mass is 304 g/mol. The molecule has 0 bridgehead atoms. The van der Waals surface area contributed by atoms with Gasteiger partial charge in [-0.2, -0.15) is 0 Å². The average Bonchev–Trinajstić information content (AvgIpc) is 2.51. The van der Waals surface area contributed by atoms with Gasteiger partial charge in [-0.05, 0) is 48.2 Å². The first-order valence-corrected chi connectivity index (χ1v) is 7.14. The van der Waals surface area contributed by atoms with Crippen LogP contribution in [0.25, 0.3) is 0 Å². The van der Waals surface area contributed by atoms with Crippen molar-refractivity contribution < 1.29 is 13.6 Å². The number of hydrogen-bond acceptors (Lipinski definition) is 1. The minimum absolute atomic E-state index is 0.246. The van der Waals surface area contributed by atoms with Crippen LogP contribution in [0.3, 0.4) is 0 Å². The number of amides is 2. The average molecular weight is 304 g/mol. The molecule has 2 aromatic carbocycles. The van der Waals surface area contributed by atoms with E-state index in [0.717, 1.165) is 11.1 Å². The van der Waals surface area contributed by atoms with Crippen LogP contribution in [0.4, 0.5) is 13.6 Å². The van der Waals surface area contributed by atoms with E-state index in [4.69, 9.17) is 0 Å². The zero-order chi connectivity index (χ0) is 15.8. The summed E-state index contributed by atoms with van der Waals surface area (Å²) in [5.41, 5.74) is 1.93. The Hall–Kier alpha value is -2.43. The number of rotatable bonds is 6. The Balaban J connectivity index is 1.61. The van der Waals surface area contributed by atoms with Crippen molar-refractivity contribution in [2.75, 3.05) is 13.1 Å².